The molecule has 0 saturated heterocycles. The molecule has 1 atom stereocenters. The molecule has 23 heavy (non-hydrogen) atoms. The van der Waals surface area contributed by atoms with E-state index in [4.69, 9.17) is 0 Å². The molecular formula is C15H17BrN2O3S2. The van der Waals surface area contributed by atoms with Crippen LogP contribution in [0, 0.1) is 0 Å². The number of benzene rings is 1. The van der Waals surface area contributed by atoms with Crippen molar-refractivity contribution in [3.8, 4) is 0 Å². The van der Waals surface area contributed by atoms with Crippen LogP contribution in [0.2, 0.25) is 0 Å². The van der Waals surface area contributed by atoms with E-state index >= 15 is 0 Å². The number of anilines is 1. The van der Waals surface area contributed by atoms with Gasteiger partial charge in [0.25, 0.3) is 15.9 Å². The number of carbonyl (C=O) groups excluding carboxylic acids is 1. The fourth-order valence-corrected chi connectivity index (χ4v) is 4.90. The van der Waals surface area contributed by atoms with E-state index < -0.39 is 10.0 Å². The van der Waals surface area contributed by atoms with Crippen LogP contribution in [0.3, 0.4) is 0 Å². The number of para-hydroxylation sites is 1. The van der Waals surface area contributed by atoms with Gasteiger partial charge < -0.3 is 5.32 Å². The van der Waals surface area contributed by atoms with Crippen LogP contribution < -0.4 is 10.0 Å². The van der Waals surface area contributed by atoms with Gasteiger partial charge in [-0.2, -0.15) is 0 Å². The van der Waals surface area contributed by atoms with Crippen LogP contribution in [0.15, 0.2) is 44.4 Å². The zero-order valence-corrected chi connectivity index (χ0v) is 15.9. The van der Waals surface area contributed by atoms with Crippen LogP contribution in [-0.2, 0) is 10.0 Å². The Labute approximate surface area is 148 Å². The fourth-order valence-electron chi connectivity index (χ4n) is 1.81. The van der Waals surface area contributed by atoms with E-state index in [9.17, 15) is 13.2 Å². The first-order chi connectivity index (χ1) is 10.8. The third kappa shape index (κ3) is 4.55. The van der Waals surface area contributed by atoms with Gasteiger partial charge in [-0.15, -0.1) is 11.3 Å². The molecule has 1 aromatic carbocycles. The van der Waals surface area contributed by atoms with Gasteiger partial charge in [-0.05, 0) is 53.5 Å². The van der Waals surface area contributed by atoms with Gasteiger partial charge >= 0.3 is 0 Å². The maximum atomic E-state index is 12.4. The number of thiophene rings is 1. The van der Waals surface area contributed by atoms with Gasteiger partial charge in [0.15, 0.2) is 0 Å². The highest BCUT2D eigenvalue weighted by Gasteiger charge is 2.20. The van der Waals surface area contributed by atoms with E-state index in [2.05, 4.69) is 26.0 Å². The molecule has 2 aromatic rings. The van der Waals surface area contributed by atoms with Crippen molar-refractivity contribution in [1.29, 1.82) is 0 Å². The summed E-state index contributed by atoms with van der Waals surface area (Å²) in [6, 6.07) is 9.75. The molecule has 124 valence electrons. The van der Waals surface area contributed by atoms with Gasteiger partial charge in [0.05, 0.1) is 15.0 Å². The molecule has 0 saturated carbocycles. The van der Waals surface area contributed by atoms with Crippen LogP contribution in [0.25, 0.3) is 0 Å². The predicted molar refractivity (Wildman–Crippen MR) is 96.5 cm³/mol. The van der Waals surface area contributed by atoms with Crippen molar-refractivity contribution in [1.82, 2.24) is 5.32 Å². The average molecular weight is 417 g/mol. The number of sulfonamides is 1. The van der Waals surface area contributed by atoms with E-state index in [-0.39, 0.29) is 21.8 Å². The topological polar surface area (TPSA) is 75.3 Å². The van der Waals surface area contributed by atoms with Crippen LogP contribution in [-0.4, -0.2) is 20.4 Å². The summed E-state index contributed by atoms with van der Waals surface area (Å²) in [4.78, 5) is 12.3. The van der Waals surface area contributed by atoms with E-state index in [1.807, 2.05) is 13.8 Å². The average Bonchev–Trinajstić information content (AvgIpc) is 2.94. The van der Waals surface area contributed by atoms with Crippen molar-refractivity contribution in [3.05, 3.63) is 45.7 Å². The largest absolute Gasteiger partial charge is 0.350 e. The number of hydrogen-bond acceptors (Lipinski definition) is 4. The Morgan fingerprint density at radius 1 is 1.26 bits per heavy atom. The molecule has 5 nitrogen and oxygen atoms in total. The van der Waals surface area contributed by atoms with Crippen molar-refractivity contribution in [3.63, 3.8) is 0 Å². The highest BCUT2D eigenvalue weighted by atomic mass is 79.9. The van der Waals surface area contributed by atoms with Crippen molar-refractivity contribution in [2.45, 2.75) is 30.5 Å². The van der Waals surface area contributed by atoms with E-state index in [0.717, 1.165) is 21.5 Å². The molecule has 0 unspecified atom stereocenters. The van der Waals surface area contributed by atoms with E-state index in [1.165, 1.54) is 6.07 Å². The molecule has 1 amide bonds. The minimum atomic E-state index is -3.72. The minimum Gasteiger partial charge on any atom is -0.350 e. The summed E-state index contributed by atoms with van der Waals surface area (Å²) < 4.78 is 28.2. The molecule has 0 bridgehead atoms. The summed E-state index contributed by atoms with van der Waals surface area (Å²) >= 11 is 4.35. The standard InChI is InChI=1S/C15H17BrN2O3S2/c1-3-10(2)17-15(19)11-6-4-5-7-12(11)18-23(20,21)14-9-8-13(16)22-14/h4-10,18H,3H2,1-2H3,(H,17,19)/t10-/m0/s1. The Morgan fingerprint density at radius 3 is 2.57 bits per heavy atom. The van der Waals surface area contributed by atoms with Gasteiger partial charge in [-0.3, -0.25) is 9.52 Å². The maximum Gasteiger partial charge on any atom is 0.271 e. The SMILES string of the molecule is CC[C@H](C)NC(=O)c1ccccc1NS(=O)(=O)c1ccc(Br)s1. The van der Waals surface area contributed by atoms with Crippen LogP contribution >= 0.6 is 27.3 Å². The molecule has 0 spiro atoms. The number of nitrogens with one attached hydrogen (secondary N) is 2. The lowest BCUT2D eigenvalue weighted by Crippen LogP contribution is -2.32. The second-order valence-electron chi connectivity index (χ2n) is 4.99. The summed E-state index contributed by atoms with van der Waals surface area (Å²) in [5, 5.41) is 2.84. The lowest BCUT2D eigenvalue weighted by molar-refractivity contribution is 0.0940. The molecule has 1 heterocycles. The molecular weight excluding hydrogens is 400 g/mol. The highest BCUT2D eigenvalue weighted by molar-refractivity contribution is 9.11. The smallest absolute Gasteiger partial charge is 0.271 e. The van der Waals surface area contributed by atoms with Gasteiger partial charge in [0.2, 0.25) is 0 Å². The molecule has 2 rings (SSSR count). The lowest BCUT2D eigenvalue weighted by atomic mass is 10.1. The Balaban J connectivity index is 2.29. The maximum absolute atomic E-state index is 12.4. The third-order valence-corrected chi connectivity index (χ3v) is 6.70. The molecule has 2 N–H and O–H groups in total. The first-order valence-electron chi connectivity index (χ1n) is 7.01. The van der Waals surface area contributed by atoms with Crippen molar-refractivity contribution >= 4 is 48.9 Å². The first kappa shape index (κ1) is 18.0. The summed E-state index contributed by atoms with van der Waals surface area (Å²) in [5.41, 5.74) is 0.560. The summed E-state index contributed by atoms with van der Waals surface area (Å²) in [7, 11) is -3.72. The molecule has 0 aliphatic heterocycles. The molecule has 1 aromatic heterocycles. The lowest BCUT2D eigenvalue weighted by Gasteiger charge is -2.15. The third-order valence-electron chi connectivity index (χ3n) is 3.22. The zero-order chi connectivity index (χ0) is 17.0. The van der Waals surface area contributed by atoms with E-state index in [1.54, 1.807) is 30.3 Å². The Bertz CT molecular complexity index is 803. The number of rotatable bonds is 6. The number of halogens is 1. The van der Waals surface area contributed by atoms with Gasteiger partial charge in [0, 0.05) is 6.04 Å². The van der Waals surface area contributed by atoms with Crippen LogP contribution in [0.1, 0.15) is 30.6 Å². The quantitative estimate of drug-likeness (QED) is 0.750. The van der Waals surface area contributed by atoms with Crippen LogP contribution in [0.5, 0.6) is 0 Å². The van der Waals surface area contributed by atoms with Gasteiger partial charge in [-0.25, -0.2) is 8.42 Å². The minimum absolute atomic E-state index is 0.0143. The zero-order valence-electron chi connectivity index (χ0n) is 12.7. The summed E-state index contributed by atoms with van der Waals surface area (Å²) in [6.45, 7) is 3.86. The molecule has 0 fully saturated rings. The molecule has 0 aliphatic rings. The fraction of sp³-hybridized carbons (Fsp3) is 0.267. The number of carbonyl (C=O) groups is 1. The Hall–Kier alpha value is -1.38. The molecule has 0 aliphatic carbocycles. The highest BCUT2D eigenvalue weighted by Crippen LogP contribution is 2.28. The summed E-state index contributed by atoms with van der Waals surface area (Å²) in [6.07, 6.45) is 0.795. The van der Waals surface area contributed by atoms with Crippen molar-refractivity contribution < 1.29 is 13.2 Å². The normalized spacial score (nSPS) is 12.7. The molecule has 0 radical (unpaired) electrons. The van der Waals surface area contributed by atoms with Gasteiger partial charge in [0.1, 0.15) is 4.21 Å². The number of amides is 1. The van der Waals surface area contributed by atoms with Crippen molar-refractivity contribution in [2.24, 2.45) is 0 Å². The second kappa shape index (κ2) is 7.46. The first-order valence-corrected chi connectivity index (χ1v) is 10.1. The van der Waals surface area contributed by atoms with Crippen LogP contribution in [0.4, 0.5) is 5.69 Å². The van der Waals surface area contributed by atoms with Crippen molar-refractivity contribution in [2.75, 3.05) is 4.72 Å². The Kier molecular flexibility index (Phi) is 5.83. The summed E-state index contributed by atoms with van der Waals surface area (Å²) in [5.74, 6) is -0.301. The van der Waals surface area contributed by atoms with E-state index in [0.29, 0.717) is 5.56 Å². The number of hydrogen-bond donors (Lipinski definition) is 2. The predicted octanol–water partition coefficient (Wildman–Crippen LogP) is 3.84. The monoisotopic (exact) mass is 416 g/mol. The van der Waals surface area contributed by atoms with Gasteiger partial charge in [-0.1, -0.05) is 19.1 Å². The Morgan fingerprint density at radius 2 is 1.96 bits per heavy atom. The molecule has 8 heteroatoms. The second-order valence-corrected chi connectivity index (χ2v) is 9.36.